The Morgan fingerprint density at radius 3 is 2.20 bits per heavy atom. The molecule has 0 aromatic heterocycles. The lowest BCUT2D eigenvalue weighted by Gasteiger charge is -2.30. The van der Waals surface area contributed by atoms with Crippen LogP contribution in [-0.2, 0) is 11.8 Å². The van der Waals surface area contributed by atoms with Crippen molar-refractivity contribution in [1.29, 1.82) is 0 Å². The van der Waals surface area contributed by atoms with E-state index in [1.54, 1.807) is 6.07 Å². The maximum atomic E-state index is 13.5. The maximum Gasteiger partial charge on any atom is 0.124 e. The molecule has 106 valence electrons. The summed E-state index contributed by atoms with van der Waals surface area (Å²) < 4.78 is 14.1. The summed E-state index contributed by atoms with van der Waals surface area (Å²) in [7, 11) is 0. The zero-order chi connectivity index (χ0) is 14.6. The SMILES string of the molecule is OCC(CO)(Cc1cc(F)cc(Br)c1)c1ccccc1. The first kappa shape index (κ1) is 15.2. The highest BCUT2D eigenvalue weighted by Gasteiger charge is 2.31. The van der Waals surface area contributed by atoms with Crippen molar-refractivity contribution in [2.45, 2.75) is 11.8 Å². The Balaban J connectivity index is 2.39. The second-order valence-corrected chi connectivity index (χ2v) is 5.83. The Morgan fingerprint density at radius 1 is 1.00 bits per heavy atom. The van der Waals surface area contributed by atoms with Gasteiger partial charge in [0, 0.05) is 9.89 Å². The van der Waals surface area contributed by atoms with Crippen molar-refractivity contribution in [1.82, 2.24) is 0 Å². The summed E-state index contributed by atoms with van der Waals surface area (Å²) in [5.41, 5.74) is 0.753. The van der Waals surface area contributed by atoms with Gasteiger partial charge in [-0.15, -0.1) is 0 Å². The predicted octanol–water partition coefficient (Wildman–Crippen LogP) is 3.05. The fourth-order valence-electron chi connectivity index (χ4n) is 2.34. The fraction of sp³-hybridized carbons (Fsp3) is 0.250. The van der Waals surface area contributed by atoms with Crippen LogP contribution >= 0.6 is 15.9 Å². The lowest BCUT2D eigenvalue weighted by Crippen LogP contribution is -2.37. The number of benzene rings is 2. The molecule has 4 heteroatoms. The molecule has 0 radical (unpaired) electrons. The highest BCUT2D eigenvalue weighted by molar-refractivity contribution is 9.10. The quantitative estimate of drug-likeness (QED) is 0.879. The van der Waals surface area contributed by atoms with Gasteiger partial charge in [-0.3, -0.25) is 0 Å². The third kappa shape index (κ3) is 3.26. The first-order chi connectivity index (χ1) is 9.59. The molecule has 0 bridgehead atoms. The molecule has 0 unspecified atom stereocenters. The van der Waals surface area contributed by atoms with E-state index in [2.05, 4.69) is 15.9 Å². The molecule has 2 aromatic carbocycles. The van der Waals surface area contributed by atoms with Crippen LogP contribution in [0.25, 0.3) is 0 Å². The Bertz CT molecular complexity index is 548. The highest BCUT2D eigenvalue weighted by Crippen LogP contribution is 2.29. The first-order valence-corrected chi connectivity index (χ1v) is 7.11. The summed E-state index contributed by atoms with van der Waals surface area (Å²) in [6.07, 6.45) is 0.361. The minimum atomic E-state index is -0.811. The molecule has 2 rings (SSSR count). The van der Waals surface area contributed by atoms with E-state index in [-0.39, 0.29) is 19.0 Å². The molecule has 0 amide bonds. The number of hydrogen-bond acceptors (Lipinski definition) is 2. The van der Waals surface area contributed by atoms with E-state index >= 15 is 0 Å². The van der Waals surface area contributed by atoms with Crippen molar-refractivity contribution in [2.75, 3.05) is 13.2 Å². The van der Waals surface area contributed by atoms with Crippen LogP contribution in [0.1, 0.15) is 11.1 Å². The average molecular weight is 339 g/mol. The van der Waals surface area contributed by atoms with Crippen LogP contribution in [0.4, 0.5) is 4.39 Å². The lowest BCUT2D eigenvalue weighted by atomic mass is 9.77. The monoisotopic (exact) mass is 338 g/mol. The normalized spacial score (nSPS) is 11.6. The van der Waals surface area contributed by atoms with Gasteiger partial charge < -0.3 is 10.2 Å². The number of rotatable bonds is 5. The van der Waals surface area contributed by atoms with Gasteiger partial charge in [0.05, 0.1) is 13.2 Å². The van der Waals surface area contributed by atoms with Crippen LogP contribution in [-0.4, -0.2) is 23.4 Å². The highest BCUT2D eigenvalue weighted by atomic mass is 79.9. The van der Waals surface area contributed by atoms with Gasteiger partial charge in [0.15, 0.2) is 0 Å². The number of aliphatic hydroxyl groups excluding tert-OH is 2. The Morgan fingerprint density at radius 2 is 1.65 bits per heavy atom. The van der Waals surface area contributed by atoms with E-state index in [0.29, 0.717) is 10.9 Å². The van der Waals surface area contributed by atoms with Crippen LogP contribution in [0.3, 0.4) is 0 Å². The number of aliphatic hydroxyl groups is 2. The summed E-state index contributed by atoms with van der Waals surface area (Å²) in [5, 5.41) is 19.5. The van der Waals surface area contributed by atoms with Crippen molar-refractivity contribution >= 4 is 15.9 Å². The van der Waals surface area contributed by atoms with Gasteiger partial charge in [0.1, 0.15) is 5.82 Å². The van der Waals surface area contributed by atoms with Crippen LogP contribution in [0.5, 0.6) is 0 Å². The predicted molar refractivity (Wildman–Crippen MR) is 80.1 cm³/mol. The number of halogens is 2. The van der Waals surface area contributed by atoms with Crippen molar-refractivity contribution in [2.24, 2.45) is 0 Å². The minimum Gasteiger partial charge on any atom is -0.395 e. The second kappa shape index (κ2) is 6.48. The van der Waals surface area contributed by atoms with E-state index in [9.17, 15) is 14.6 Å². The summed E-state index contributed by atoms with van der Waals surface area (Å²) in [5.74, 6) is -0.341. The zero-order valence-corrected chi connectivity index (χ0v) is 12.5. The molecule has 0 saturated carbocycles. The van der Waals surface area contributed by atoms with Crippen molar-refractivity contribution in [3.63, 3.8) is 0 Å². The van der Waals surface area contributed by atoms with E-state index in [4.69, 9.17) is 0 Å². The molecule has 2 nitrogen and oxygen atoms in total. The molecule has 20 heavy (non-hydrogen) atoms. The van der Waals surface area contributed by atoms with Crippen molar-refractivity contribution < 1.29 is 14.6 Å². The molecule has 0 fully saturated rings. The lowest BCUT2D eigenvalue weighted by molar-refractivity contribution is 0.116. The van der Waals surface area contributed by atoms with Gasteiger partial charge in [-0.2, -0.15) is 0 Å². The first-order valence-electron chi connectivity index (χ1n) is 6.32. The average Bonchev–Trinajstić information content (AvgIpc) is 2.45. The van der Waals surface area contributed by atoms with Gasteiger partial charge in [0.2, 0.25) is 0 Å². The second-order valence-electron chi connectivity index (χ2n) is 4.92. The largest absolute Gasteiger partial charge is 0.395 e. The third-order valence-corrected chi connectivity index (χ3v) is 3.91. The van der Waals surface area contributed by atoms with Crippen LogP contribution < -0.4 is 0 Å². The van der Waals surface area contributed by atoms with Crippen LogP contribution in [0.2, 0.25) is 0 Å². The van der Waals surface area contributed by atoms with E-state index in [1.807, 2.05) is 30.3 Å². The van der Waals surface area contributed by atoms with Gasteiger partial charge in [0.25, 0.3) is 0 Å². The summed E-state index contributed by atoms with van der Waals surface area (Å²) in [6.45, 7) is -0.413. The van der Waals surface area contributed by atoms with Crippen molar-refractivity contribution in [3.8, 4) is 0 Å². The molecule has 0 heterocycles. The van der Waals surface area contributed by atoms with Crippen LogP contribution in [0, 0.1) is 5.82 Å². The molecular formula is C16H16BrFO2. The van der Waals surface area contributed by atoms with Crippen molar-refractivity contribution in [3.05, 3.63) is 69.9 Å². The molecule has 2 N–H and O–H groups in total. The molecule has 0 aliphatic carbocycles. The van der Waals surface area contributed by atoms with Gasteiger partial charge in [-0.25, -0.2) is 4.39 Å². The molecule has 0 aliphatic heterocycles. The van der Waals surface area contributed by atoms with E-state index in [0.717, 1.165) is 11.1 Å². The third-order valence-electron chi connectivity index (χ3n) is 3.46. The smallest absolute Gasteiger partial charge is 0.124 e. The summed E-state index contributed by atoms with van der Waals surface area (Å²) in [6, 6.07) is 13.9. The Kier molecular flexibility index (Phi) is 4.91. The standard InChI is InChI=1S/C16H16BrFO2/c17-14-6-12(7-15(18)8-14)9-16(10-19,11-20)13-4-2-1-3-5-13/h1-8,19-20H,9-11H2. The molecule has 0 aliphatic rings. The molecule has 0 spiro atoms. The number of hydrogen-bond donors (Lipinski definition) is 2. The van der Waals surface area contributed by atoms with Gasteiger partial charge >= 0.3 is 0 Å². The maximum absolute atomic E-state index is 13.5. The Hall–Kier alpha value is -1.23. The summed E-state index contributed by atoms with van der Waals surface area (Å²) in [4.78, 5) is 0. The molecular weight excluding hydrogens is 323 g/mol. The molecule has 2 aromatic rings. The fourth-order valence-corrected chi connectivity index (χ4v) is 2.85. The minimum absolute atomic E-state index is 0.207. The molecule has 0 atom stereocenters. The van der Waals surface area contributed by atoms with Gasteiger partial charge in [-0.05, 0) is 35.7 Å². The Labute approximate surface area is 126 Å². The molecule has 0 saturated heterocycles. The zero-order valence-electron chi connectivity index (χ0n) is 10.9. The summed E-state index contributed by atoms with van der Waals surface area (Å²) >= 11 is 3.26. The van der Waals surface area contributed by atoms with Gasteiger partial charge in [-0.1, -0.05) is 46.3 Å². The van der Waals surface area contributed by atoms with E-state index < -0.39 is 5.41 Å². The van der Waals surface area contributed by atoms with E-state index in [1.165, 1.54) is 12.1 Å². The topological polar surface area (TPSA) is 40.5 Å². The van der Waals surface area contributed by atoms with Crippen LogP contribution in [0.15, 0.2) is 53.0 Å².